The number of allylic oxidation sites excluding steroid dienone is 1. The van der Waals surface area contributed by atoms with E-state index in [-0.39, 0.29) is 18.9 Å². The van der Waals surface area contributed by atoms with Crippen LogP contribution in [0.4, 0.5) is 0 Å². The summed E-state index contributed by atoms with van der Waals surface area (Å²) in [5, 5.41) is 2.66. The van der Waals surface area contributed by atoms with Gasteiger partial charge in [0.25, 0.3) is 5.91 Å². The normalized spacial score (nSPS) is 10.6. The molecule has 0 bridgehead atoms. The molecule has 0 heterocycles. The molecule has 0 aromatic rings. The van der Waals surface area contributed by atoms with Crippen molar-refractivity contribution in [1.29, 1.82) is 0 Å². The molecule has 0 fully saturated rings. The SMILES string of the molecule is C/C=C\C(=O)N(C=O)CCC(=O)NCCOCCOCCC. The van der Waals surface area contributed by atoms with E-state index in [0.717, 1.165) is 17.9 Å². The average molecular weight is 314 g/mol. The molecule has 0 atom stereocenters. The van der Waals surface area contributed by atoms with Gasteiger partial charge >= 0.3 is 0 Å². The van der Waals surface area contributed by atoms with Gasteiger partial charge in [-0.05, 0) is 19.4 Å². The minimum absolute atomic E-state index is 0.0597. The minimum atomic E-state index is -0.430. The third kappa shape index (κ3) is 11.0. The van der Waals surface area contributed by atoms with Gasteiger partial charge in [0.05, 0.1) is 19.8 Å². The highest BCUT2D eigenvalue weighted by atomic mass is 16.5. The Morgan fingerprint density at radius 2 is 1.82 bits per heavy atom. The number of hydrogen-bond donors (Lipinski definition) is 1. The lowest BCUT2D eigenvalue weighted by Crippen LogP contribution is -2.34. The van der Waals surface area contributed by atoms with Crippen molar-refractivity contribution >= 4 is 18.2 Å². The Bertz CT molecular complexity index is 358. The maximum atomic E-state index is 11.6. The van der Waals surface area contributed by atoms with Gasteiger partial charge in [-0.3, -0.25) is 19.3 Å². The van der Waals surface area contributed by atoms with E-state index in [0.29, 0.717) is 32.8 Å². The predicted molar refractivity (Wildman–Crippen MR) is 82.1 cm³/mol. The van der Waals surface area contributed by atoms with E-state index in [9.17, 15) is 14.4 Å². The van der Waals surface area contributed by atoms with Gasteiger partial charge < -0.3 is 14.8 Å². The van der Waals surface area contributed by atoms with E-state index in [1.54, 1.807) is 13.0 Å². The van der Waals surface area contributed by atoms with Crippen LogP contribution in [0, 0.1) is 0 Å². The molecule has 0 radical (unpaired) electrons. The highest BCUT2D eigenvalue weighted by molar-refractivity contribution is 5.94. The van der Waals surface area contributed by atoms with Gasteiger partial charge in [-0.25, -0.2) is 0 Å². The molecule has 7 heteroatoms. The summed E-state index contributed by atoms with van der Waals surface area (Å²) in [4.78, 5) is 34.7. The topological polar surface area (TPSA) is 84.9 Å². The van der Waals surface area contributed by atoms with Crippen LogP contribution in [0.3, 0.4) is 0 Å². The fraction of sp³-hybridized carbons (Fsp3) is 0.667. The first kappa shape index (κ1) is 20.3. The number of rotatable bonds is 13. The molecule has 0 aromatic carbocycles. The summed E-state index contributed by atoms with van der Waals surface area (Å²) in [5.41, 5.74) is 0. The number of carbonyl (C=O) groups is 3. The number of amides is 3. The Balaban J connectivity index is 3.64. The van der Waals surface area contributed by atoms with Gasteiger partial charge in [-0.15, -0.1) is 0 Å². The zero-order chi connectivity index (χ0) is 16.6. The first-order chi connectivity index (χ1) is 10.7. The molecular weight excluding hydrogens is 288 g/mol. The molecule has 0 aliphatic heterocycles. The van der Waals surface area contributed by atoms with Crippen LogP contribution in [0.15, 0.2) is 12.2 Å². The average Bonchev–Trinajstić information content (AvgIpc) is 2.51. The van der Waals surface area contributed by atoms with Crippen molar-refractivity contribution in [3.63, 3.8) is 0 Å². The minimum Gasteiger partial charge on any atom is -0.379 e. The van der Waals surface area contributed by atoms with E-state index < -0.39 is 5.91 Å². The maximum absolute atomic E-state index is 11.6. The molecule has 0 rings (SSSR count). The predicted octanol–water partition coefficient (Wildman–Crippen LogP) is 0.497. The van der Waals surface area contributed by atoms with Crippen LogP contribution in [0.2, 0.25) is 0 Å². The third-order valence-electron chi connectivity index (χ3n) is 2.59. The van der Waals surface area contributed by atoms with Gasteiger partial charge in [0.15, 0.2) is 0 Å². The summed E-state index contributed by atoms with van der Waals surface area (Å²) in [6.07, 6.45) is 4.29. The zero-order valence-corrected chi connectivity index (χ0v) is 13.4. The van der Waals surface area contributed by atoms with Crippen LogP contribution in [0.5, 0.6) is 0 Å². The van der Waals surface area contributed by atoms with E-state index in [1.165, 1.54) is 6.08 Å². The second-order valence-electron chi connectivity index (χ2n) is 4.46. The molecule has 7 nitrogen and oxygen atoms in total. The number of imide groups is 1. The van der Waals surface area contributed by atoms with Crippen molar-refractivity contribution in [2.75, 3.05) is 39.5 Å². The molecule has 0 unspecified atom stereocenters. The standard InChI is InChI=1S/C15H26N2O5/c1-3-5-15(20)17(13-18)8-6-14(19)16-7-10-22-12-11-21-9-4-2/h3,5,13H,4,6-12H2,1-2H3,(H,16,19)/b5-3-. The largest absolute Gasteiger partial charge is 0.379 e. The zero-order valence-electron chi connectivity index (χ0n) is 13.4. The van der Waals surface area contributed by atoms with Gasteiger partial charge in [0, 0.05) is 26.1 Å². The highest BCUT2D eigenvalue weighted by Gasteiger charge is 2.11. The Labute approximate surface area is 131 Å². The molecule has 1 N–H and O–H groups in total. The van der Waals surface area contributed by atoms with Gasteiger partial charge in [-0.1, -0.05) is 13.0 Å². The van der Waals surface area contributed by atoms with Crippen molar-refractivity contribution in [1.82, 2.24) is 10.2 Å². The molecule has 0 aromatic heterocycles. The Morgan fingerprint density at radius 3 is 2.41 bits per heavy atom. The molecular formula is C15H26N2O5. The summed E-state index contributed by atoms with van der Waals surface area (Å²) in [6, 6.07) is 0. The number of carbonyl (C=O) groups excluding carboxylic acids is 3. The molecule has 0 aliphatic rings. The lowest BCUT2D eigenvalue weighted by atomic mass is 10.3. The van der Waals surface area contributed by atoms with Crippen molar-refractivity contribution in [3.05, 3.63) is 12.2 Å². The smallest absolute Gasteiger partial charge is 0.252 e. The lowest BCUT2D eigenvalue weighted by Gasteiger charge is -2.13. The molecule has 22 heavy (non-hydrogen) atoms. The molecule has 126 valence electrons. The van der Waals surface area contributed by atoms with E-state index in [2.05, 4.69) is 5.32 Å². The first-order valence-corrected chi connectivity index (χ1v) is 7.46. The Kier molecular flexibility index (Phi) is 13.1. The van der Waals surface area contributed by atoms with Gasteiger partial charge in [0.2, 0.25) is 12.3 Å². The van der Waals surface area contributed by atoms with Crippen LogP contribution in [-0.4, -0.2) is 62.6 Å². The second-order valence-corrected chi connectivity index (χ2v) is 4.46. The van der Waals surface area contributed by atoms with E-state index >= 15 is 0 Å². The Morgan fingerprint density at radius 1 is 1.14 bits per heavy atom. The highest BCUT2D eigenvalue weighted by Crippen LogP contribution is 1.92. The summed E-state index contributed by atoms with van der Waals surface area (Å²) in [6.45, 7) is 6.32. The number of ether oxygens (including phenoxy) is 2. The van der Waals surface area contributed by atoms with Crippen LogP contribution in [0.25, 0.3) is 0 Å². The van der Waals surface area contributed by atoms with E-state index in [4.69, 9.17) is 9.47 Å². The van der Waals surface area contributed by atoms with E-state index in [1.807, 2.05) is 6.92 Å². The van der Waals surface area contributed by atoms with Gasteiger partial charge in [-0.2, -0.15) is 0 Å². The maximum Gasteiger partial charge on any atom is 0.252 e. The third-order valence-corrected chi connectivity index (χ3v) is 2.59. The van der Waals surface area contributed by atoms with Crippen LogP contribution in [-0.2, 0) is 23.9 Å². The van der Waals surface area contributed by atoms with Crippen molar-refractivity contribution in [2.45, 2.75) is 26.7 Å². The molecule has 3 amide bonds. The first-order valence-electron chi connectivity index (χ1n) is 7.46. The van der Waals surface area contributed by atoms with Crippen LogP contribution in [0.1, 0.15) is 26.7 Å². The number of nitrogens with zero attached hydrogens (tertiary/aromatic N) is 1. The second kappa shape index (κ2) is 14.2. The van der Waals surface area contributed by atoms with Crippen molar-refractivity contribution in [2.24, 2.45) is 0 Å². The molecule has 0 saturated carbocycles. The van der Waals surface area contributed by atoms with Crippen molar-refractivity contribution in [3.8, 4) is 0 Å². The van der Waals surface area contributed by atoms with Crippen LogP contribution >= 0.6 is 0 Å². The number of hydrogen-bond acceptors (Lipinski definition) is 5. The summed E-state index contributed by atoms with van der Waals surface area (Å²) in [5.74, 6) is -0.660. The molecule has 0 spiro atoms. The summed E-state index contributed by atoms with van der Waals surface area (Å²) in [7, 11) is 0. The molecule has 0 aliphatic carbocycles. The lowest BCUT2D eigenvalue weighted by molar-refractivity contribution is -0.134. The fourth-order valence-electron chi connectivity index (χ4n) is 1.49. The number of nitrogens with one attached hydrogen (secondary N) is 1. The quantitative estimate of drug-likeness (QED) is 0.304. The summed E-state index contributed by atoms with van der Waals surface area (Å²) < 4.78 is 10.5. The summed E-state index contributed by atoms with van der Waals surface area (Å²) >= 11 is 0. The van der Waals surface area contributed by atoms with Crippen molar-refractivity contribution < 1.29 is 23.9 Å². The molecule has 0 saturated heterocycles. The van der Waals surface area contributed by atoms with Crippen LogP contribution < -0.4 is 5.32 Å². The fourth-order valence-corrected chi connectivity index (χ4v) is 1.49. The van der Waals surface area contributed by atoms with Gasteiger partial charge in [0.1, 0.15) is 0 Å². The Hall–Kier alpha value is -1.73. The monoisotopic (exact) mass is 314 g/mol.